The minimum absolute atomic E-state index is 0.116. The molecule has 1 heterocycles. The molecule has 0 amide bonds. The number of aliphatic hydroxyl groups excluding tert-OH is 1. The Morgan fingerprint density at radius 1 is 1.30 bits per heavy atom. The summed E-state index contributed by atoms with van der Waals surface area (Å²) in [5.74, 6) is 0.774. The topological polar surface area (TPSA) is 47.3 Å². The summed E-state index contributed by atoms with van der Waals surface area (Å²) in [6.07, 6.45) is -0.572. The molecule has 0 spiro atoms. The van der Waals surface area contributed by atoms with Gasteiger partial charge in [-0.15, -0.1) is 0 Å². The summed E-state index contributed by atoms with van der Waals surface area (Å²) in [4.78, 5) is 0. The fraction of sp³-hybridized carbons (Fsp3) is 0.438. The molecule has 1 aromatic heterocycles. The second-order valence-corrected chi connectivity index (χ2v) is 5.17. The van der Waals surface area contributed by atoms with Crippen LogP contribution in [0.1, 0.15) is 43.8 Å². The van der Waals surface area contributed by atoms with Crippen LogP contribution in [0, 0.1) is 6.92 Å². The van der Waals surface area contributed by atoms with E-state index in [1.165, 1.54) is 0 Å². The molecule has 0 aliphatic rings. The molecule has 1 aromatic carbocycles. The van der Waals surface area contributed by atoms with Gasteiger partial charge >= 0.3 is 0 Å². The Labute approximate surface area is 120 Å². The molecule has 0 aliphatic heterocycles. The number of rotatable bonds is 5. The van der Waals surface area contributed by atoms with Crippen molar-refractivity contribution in [2.24, 2.45) is 0 Å². The van der Waals surface area contributed by atoms with Crippen LogP contribution in [0.3, 0.4) is 0 Å². The lowest BCUT2D eigenvalue weighted by atomic mass is 10.1. The van der Waals surface area contributed by atoms with Crippen molar-refractivity contribution in [1.29, 1.82) is 0 Å². The van der Waals surface area contributed by atoms with Gasteiger partial charge in [0.15, 0.2) is 0 Å². The normalized spacial score (nSPS) is 12.7. The monoisotopic (exact) mass is 274 g/mol. The zero-order chi connectivity index (χ0) is 14.7. The van der Waals surface area contributed by atoms with Gasteiger partial charge in [0.1, 0.15) is 11.9 Å². The highest BCUT2D eigenvalue weighted by Gasteiger charge is 2.16. The van der Waals surface area contributed by atoms with Crippen LogP contribution in [0.2, 0.25) is 0 Å². The number of aliphatic hydroxyl groups is 1. The van der Waals surface area contributed by atoms with Crippen LogP contribution < -0.4 is 4.74 Å². The van der Waals surface area contributed by atoms with E-state index >= 15 is 0 Å². The quantitative estimate of drug-likeness (QED) is 0.911. The smallest absolute Gasteiger partial charge is 0.121 e. The van der Waals surface area contributed by atoms with Gasteiger partial charge < -0.3 is 9.84 Å². The number of hydrogen-bond acceptors (Lipinski definition) is 3. The van der Waals surface area contributed by atoms with Crippen molar-refractivity contribution in [3.63, 3.8) is 0 Å². The van der Waals surface area contributed by atoms with E-state index in [2.05, 4.69) is 5.10 Å². The van der Waals surface area contributed by atoms with Crippen LogP contribution in [0.5, 0.6) is 5.75 Å². The van der Waals surface area contributed by atoms with Crippen LogP contribution in [-0.4, -0.2) is 21.0 Å². The fourth-order valence-electron chi connectivity index (χ4n) is 2.24. The van der Waals surface area contributed by atoms with Gasteiger partial charge in [-0.3, -0.25) is 4.68 Å². The largest absolute Gasteiger partial charge is 0.491 e. The van der Waals surface area contributed by atoms with E-state index in [9.17, 15) is 5.11 Å². The van der Waals surface area contributed by atoms with E-state index in [4.69, 9.17) is 4.74 Å². The number of aryl methyl sites for hydroxylation is 2. The van der Waals surface area contributed by atoms with Gasteiger partial charge in [-0.25, -0.2) is 0 Å². The molecule has 0 saturated carbocycles. The highest BCUT2D eigenvalue weighted by molar-refractivity contribution is 5.34. The fourth-order valence-corrected chi connectivity index (χ4v) is 2.24. The Morgan fingerprint density at radius 3 is 2.70 bits per heavy atom. The summed E-state index contributed by atoms with van der Waals surface area (Å²) < 4.78 is 7.50. The molecule has 0 bridgehead atoms. The molecule has 2 rings (SSSR count). The van der Waals surface area contributed by atoms with E-state index in [0.29, 0.717) is 0 Å². The molecule has 0 fully saturated rings. The van der Waals surface area contributed by atoms with Crippen molar-refractivity contribution in [3.8, 4) is 5.75 Å². The highest BCUT2D eigenvalue weighted by atomic mass is 16.5. The molecular weight excluding hydrogens is 252 g/mol. The van der Waals surface area contributed by atoms with Crippen molar-refractivity contribution in [2.45, 2.75) is 46.4 Å². The molecule has 20 heavy (non-hydrogen) atoms. The summed E-state index contributed by atoms with van der Waals surface area (Å²) in [6.45, 7) is 8.65. The summed E-state index contributed by atoms with van der Waals surface area (Å²) in [7, 11) is 0. The molecule has 108 valence electrons. The van der Waals surface area contributed by atoms with Crippen molar-refractivity contribution in [3.05, 3.63) is 47.3 Å². The minimum Gasteiger partial charge on any atom is -0.491 e. The molecule has 2 aromatic rings. The van der Waals surface area contributed by atoms with E-state index < -0.39 is 6.10 Å². The minimum atomic E-state index is -0.688. The van der Waals surface area contributed by atoms with Gasteiger partial charge in [-0.05, 0) is 51.5 Å². The molecule has 0 saturated heterocycles. The van der Waals surface area contributed by atoms with Gasteiger partial charge in [0.05, 0.1) is 17.5 Å². The average Bonchev–Trinajstić information content (AvgIpc) is 2.78. The molecule has 0 aliphatic carbocycles. The number of hydrogen-bond donors (Lipinski definition) is 1. The Kier molecular flexibility index (Phi) is 4.45. The van der Waals surface area contributed by atoms with Gasteiger partial charge in [0.25, 0.3) is 0 Å². The van der Waals surface area contributed by atoms with Crippen molar-refractivity contribution in [1.82, 2.24) is 9.78 Å². The van der Waals surface area contributed by atoms with Crippen molar-refractivity contribution < 1.29 is 9.84 Å². The molecule has 0 radical (unpaired) electrons. The SMILES string of the molecule is CCn1nc(C)cc1C(O)c1cccc(OC(C)C)c1. The Bertz CT molecular complexity index is 576. The predicted molar refractivity (Wildman–Crippen MR) is 78.9 cm³/mol. The predicted octanol–water partition coefficient (Wildman–Crippen LogP) is 3.08. The van der Waals surface area contributed by atoms with Crippen molar-refractivity contribution in [2.75, 3.05) is 0 Å². The standard InChI is InChI=1S/C16H22N2O2/c1-5-18-15(9-12(4)17-18)16(19)13-7-6-8-14(10-13)20-11(2)3/h6-11,16,19H,5H2,1-4H3. The van der Waals surface area contributed by atoms with Gasteiger partial charge in [0, 0.05) is 6.54 Å². The molecule has 1 atom stereocenters. The zero-order valence-electron chi connectivity index (χ0n) is 12.5. The van der Waals surface area contributed by atoms with E-state index in [1.807, 2.05) is 62.7 Å². The molecular formula is C16H22N2O2. The summed E-state index contributed by atoms with van der Waals surface area (Å²) in [5, 5.41) is 14.9. The van der Waals surface area contributed by atoms with Crippen LogP contribution in [-0.2, 0) is 6.54 Å². The first-order valence-corrected chi connectivity index (χ1v) is 7.00. The molecule has 1 N–H and O–H groups in total. The summed E-state index contributed by atoms with van der Waals surface area (Å²) in [6, 6.07) is 9.51. The van der Waals surface area contributed by atoms with E-state index in [-0.39, 0.29) is 6.10 Å². The maximum absolute atomic E-state index is 10.6. The maximum Gasteiger partial charge on any atom is 0.121 e. The third-order valence-corrected chi connectivity index (χ3v) is 3.06. The molecule has 1 unspecified atom stereocenters. The highest BCUT2D eigenvalue weighted by Crippen LogP contribution is 2.26. The Morgan fingerprint density at radius 2 is 2.05 bits per heavy atom. The maximum atomic E-state index is 10.6. The number of aromatic nitrogens is 2. The lowest BCUT2D eigenvalue weighted by Gasteiger charge is -2.15. The third kappa shape index (κ3) is 3.20. The van der Waals surface area contributed by atoms with E-state index in [1.54, 1.807) is 0 Å². The second kappa shape index (κ2) is 6.09. The Hall–Kier alpha value is -1.81. The summed E-state index contributed by atoms with van der Waals surface area (Å²) >= 11 is 0. The molecule has 4 nitrogen and oxygen atoms in total. The third-order valence-electron chi connectivity index (χ3n) is 3.06. The van der Waals surface area contributed by atoms with Gasteiger partial charge in [-0.1, -0.05) is 12.1 Å². The molecule has 4 heteroatoms. The lowest BCUT2D eigenvalue weighted by molar-refractivity contribution is 0.205. The van der Waals surface area contributed by atoms with Gasteiger partial charge in [-0.2, -0.15) is 5.10 Å². The van der Waals surface area contributed by atoms with Crippen LogP contribution in [0.4, 0.5) is 0 Å². The first-order valence-electron chi connectivity index (χ1n) is 7.00. The van der Waals surface area contributed by atoms with Crippen LogP contribution in [0.25, 0.3) is 0 Å². The lowest BCUT2D eigenvalue weighted by Crippen LogP contribution is -2.10. The Balaban J connectivity index is 2.30. The number of ether oxygens (including phenoxy) is 1. The van der Waals surface area contributed by atoms with Crippen LogP contribution >= 0.6 is 0 Å². The first-order chi connectivity index (χ1) is 9.51. The number of nitrogens with zero attached hydrogens (tertiary/aromatic N) is 2. The van der Waals surface area contributed by atoms with Gasteiger partial charge in [0.2, 0.25) is 0 Å². The van der Waals surface area contributed by atoms with E-state index in [0.717, 1.165) is 29.2 Å². The second-order valence-electron chi connectivity index (χ2n) is 5.17. The zero-order valence-corrected chi connectivity index (χ0v) is 12.5. The van der Waals surface area contributed by atoms with Crippen molar-refractivity contribution >= 4 is 0 Å². The van der Waals surface area contributed by atoms with Crippen LogP contribution in [0.15, 0.2) is 30.3 Å². The average molecular weight is 274 g/mol. The first kappa shape index (κ1) is 14.6. The number of benzene rings is 1. The summed E-state index contributed by atoms with van der Waals surface area (Å²) in [5.41, 5.74) is 2.54.